The number of anilines is 3. The van der Waals surface area contributed by atoms with Crippen molar-refractivity contribution in [2.75, 3.05) is 29.5 Å². The Hall–Kier alpha value is -3.09. The lowest BCUT2D eigenvalue weighted by molar-refractivity contribution is -0.0312. The van der Waals surface area contributed by atoms with Crippen LogP contribution in [0.1, 0.15) is 26.0 Å². The highest BCUT2D eigenvalue weighted by molar-refractivity contribution is 5.81. The molecule has 0 radical (unpaired) electrons. The van der Waals surface area contributed by atoms with Gasteiger partial charge in [0, 0.05) is 13.1 Å². The third-order valence-corrected chi connectivity index (χ3v) is 5.22. The van der Waals surface area contributed by atoms with Crippen molar-refractivity contribution in [3.8, 4) is 0 Å². The summed E-state index contributed by atoms with van der Waals surface area (Å²) in [7, 11) is 0. The van der Waals surface area contributed by atoms with E-state index in [1.165, 1.54) is 17.2 Å². The van der Waals surface area contributed by atoms with Gasteiger partial charge in [-0.1, -0.05) is 13.3 Å². The normalized spacial score (nSPS) is 24.0. The predicted molar refractivity (Wildman–Crippen MR) is 109 cm³/mol. The van der Waals surface area contributed by atoms with Gasteiger partial charge in [0.05, 0.1) is 6.33 Å². The number of rotatable bonds is 8. The number of aliphatic hydroxyl groups is 2. The molecule has 1 aliphatic heterocycles. The van der Waals surface area contributed by atoms with E-state index in [2.05, 4.69) is 25.6 Å². The first kappa shape index (κ1) is 20.2. The number of unbranched alkanes of at least 4 members (excludes halogenated alkanes) is 1. The molecule has 0 spiro atoms. The van der Waals surface area contributed by atoms with Crippen LogP contribution in [0.4, 0.5) is 17.2 Å². The maximum atomic E-state index is 11.9. The highest BCUT2D eigenvalue weighted by Crippen LogP contribution is 2.32. The van der Waals surface area contributed by atoms with E-state index in [1.54, 1.807) is 0 Å². The number of fused-ring (bicyclic) bond motifs is 1. The molecule has 2 aromatic heterocycles. The highest BCUT2D eigenvalue weighted by Gasteiger charge is 2.44. The summed E-state index contributed by atoms with van der Waals surface area (Å²) in [6.45, 7) is 2.62. The lowest BCUT2D eigenvalue weighted by Gasteiger charge is -2.19. The van der Waals surface area contributed by atoms with Gasteiger partial charge in [-0.3, -0.25) is 14.2 Å². The molecule has 1 saturated heterocycles. The van der Waals surface area contributed by atoms with Crippen molar-refractivity contribution in [2.45, 2.75) is 44.3 Å². The Morgan fingerprint density at radius 1 is 1.13 bits per heavy atom. The summed E-state index contributed by atoms with van der Waals surface area (Å²) in [4.78, 5) is 35.8. The Morgan fingerprint density at radius 3 is 2.60 bits per heavy atom. The largest absolute Gasteiger partial charge is 0.387 e. The smallest absolute Gasteiger partial charge is 0.253 e. The maximum Gasteiger partial charge on any atom is 0.253 e. The Balaban J connectivity index is 1.47. The van der Waals surface area contributed by atoms with Crippen molar-refractivity contribution in [3.63, 3.8) is 0 Å². The first-order valence-electron chi connectivity index (χ1n) is 9.69. The Bertz CT molecular complexity index is 1120. The summed E-state index contributed by atoms with van der Waals surface area (Å²) in [5.41, 5.74) is 5.72. The highest BCUT2D eigenvalue weighted by atomic mass is 16.6. The third kappa shape index (κ3) is 3.28. The Labute approximate surface area is 170 Å². The molecule has 0 amide bonds. The quantitative estimate of drug-likeness (QED) is 0.223. The summed E-state index contributed by atoms with van der Waals surface area (Å²) in [6, 6.07) is 0. The first-order valence-corrected chi connectivity index (χ1v) is 9.69. The molecule has 1 aliphatic rings. The number of nitrogens with two attached hydrogens (primary N) is 1. The zero-order chi connectivity index (χ0) is 21.4. The number of hydrogen-bond acceptors (Lipinski definition) is 11. The van der Waals surface area contributed by atoms with E-state index < -0.39 is 35.4 Å². The topological polar surface area (TPSA) is 178 Å². The van der Waals surface area contributed by atoms with E-state index in [1.807, 2.05) is 6.92 Å². The number of nitrogens with zero attached hydrogens (tertiary/aromatic N) is 4. The summed E-state index contributed by atoms with van der Waals surface area (Å²) >= 11 is 0. The Kier molecular flexibility index (Phi) is 5.37. The molecule has 12 nitrogen and oxygen atoms in total. The summed E-state index contributed by atoms with van der Waals surface area (Å²) in [5, 5.41) is 26.7. The maximum absolute atomic E-state index is 11.9. The average molecular weight is 417 g/mol. The van der Waals surface area contributed by atoms with E-state index >= 15 is 0 Å². The predicted octanol–water partition coefficient (Wildman–Crippen LogP) is -1.05. The number of aliphatic hydroxyl groups excluding tert-OH is 2. The molecule has 1 fully saturated rings. The minimum Gasteiger partial charge on any atom is -0.387 e. The zero-order valence-corrected chi connectivity index (χ0v) is 16.3. The van der Waals surface area contributed by atoms with Gasteiger partial charge in [-0.2, -0.15) is 0 Å². The van der Waals surface area contributed by atoms with Crippen LogP contribution in [0.15, 0.2) is 22.2 Å². The molecule has 0 saturated carbocycles. The zero-order valence-electron chi connectivity index (χ0n) is 16.3. The van der Waals surface area contributed by atoms with Gasteiger partial charge in [0.1, 0.15) is 41.5 Å². The number of ether oxygens (including phenoxy) is 1. The van der Waals surface area contributed by atoms with Crippen LogP contribution in [0.25, 0.3) is 11.2 Å². The standard InChI is InChI=1S/C18H23N7O5/c1-2-3-4-20-9-10(14(28)13(9)27)21-5-8-12(26)15(29)18(30-8)25-7-24-11-16(19)22-6-23-17(11)25/h6-8,12,15,18,20-21,26,29H,2-5H2,1H3,(H2,19,22,23)/t8-,12-,15-,18-/m1/s1. The first-order chi connectivity index (χ1) is 14.4. The van der Waals surface area contributed by atoms with Gasteiger partial charge in [0.25, 0.3) is 10.9 Å². The number of nitrogens with one attached hydrogen (secondary N) is 2. The molecule has 160 valence electrons. The van der Waals surface area contributed by atoms with Crippen LogP contribution in [-0.2, 0) is 4.74 Å². The number of imidazole rings is 1. The van der Waals surface area contributed by atoms with Crippen LogP contribution in [0.3, 0.4) is 0 Å². The molecule has 12 heteroatoms. The van der Waals surface area contributed by atoms with Crippen molar-refractivity contribution in [1.29, 1.82) is 0 Å². The second-order valence-electron chi connectivity index (χ2n) is 7.20. The number of aromatic nitrogens is 4. The van der Waals surface area contributed by atoms with Gasteiger partial charge < -0.3 is 31.3 Å². The van der Waals surface area contributed by atoms with E-state index in [4.69, 9.17) is 10.5 Å². The molecule has 4 rings (SSSR count). The number of nitrogen functional groups attached to an aromatic ring is 1. The van der Waals surface area contributed by atoms with Gasteiger partial charge in [0.2, 0.25) is 0 Å². The molecule has 0 unspecified atom stereocenters. The van der Waals surface area contributed by atoms with Crippen molar-refractivity contribution < 1.29 is 14.9 Å². The lowest BCUT2D eigenvalue weighted by atomic mass is 10.1. The van der Waals surface area contributed by atoms with Gasteiger partial charge in [-0.15, -0.1) is 0 Å². The van der Waals surface area contributed by atoms with E-state index in [9.17, 15) is 19.8 Å². The fourth-order valence-electron chi connectivity index (χ4n) is 3.51. The molecular weight excluding hydrogens is 394 g/mol. The second-order valence-corrected chi connectivity index (χ2v) is 7.20. The fraction of sp³-hybridized carbons (Fsp3) is 0.500. The number of hydrogen-bond donors (Lipinski definition) is 5. The van der Waals surface area contributed by atoms with Gasteiger partial charge in [0.15, 0.2) is 17.7 Å². The summed E-state index contributed by atoms with van der Waals surface area (Å²) < 4.78 is 7.28. The molecule has 30 heavy (non-hydrogen) atoms. The van der Waals surface area contributed by atoms with Crippen molar-refractivity contribution in [1.82, 2.24) is 19.5 Å². The molecule has 0 aliphatic carbocycles. The van der Waals surface area contributed by atoms with Crippen molar-refractivity contribution in [2.24, 2.45) is 0 Å². The minimum atomic E-state index is -1.26. The summed E-state index contributed by atoms with van der Waals surface area (Å²) in [5.74, 6) is 0.188. The minimum absolute atomic E-state index is 0.0196. The van der Waals surface area contributed by atoms with Crippen LogP contribution in [0.5, 0.6) is 0 Å². The fourth-order valence-corrected chi connectivity index (χ4v) is 3.51. The molecular formula is C18H23N7O5. The molecule has 0 bridgehead atoms. The van der Waals surface area contributed by atoms with Crippen LogP contribution >= 0.6 is 0 Å². The van der Waals surface area contributed by atoms with Crippen LogP contribution in [0.2, 0.25) is 0 Å². The van der Waals surface area contributed by atoms with Crippen LogP contribution in [0, 0.1) is 0 Å². The molecule has 1 aromatic carbocycles. The van der Waals surface area contributed by atoms with Crippen molar-refractivity contribution in [3.05, 3.63) is 33.1 Å². The second kappa shape index (κ2) is 7.97. The monoisotopic (exact) mass is 417 g/mol. The van der Waals surface area contributed by atoms with E-state index in [0.717, 1.165) is 12.8 Å². The van der Waals surface area contributed by atoms with Gasteiger partial charge >= 0.3 is 0 Å². The SMILES string of the molecule is CCCCNc1c(NC[C@H]2O[C@@H](n3cnc4c(N)ncnc43)[C@H](O)[C@@H]2O)c(=O)c1=O. The van der Waals surface area contributed by atoms with E-state index in [-0.39, 0.29) is 23.7 Å². The molecule has 3 aromatic rings. The summed E-state index contributed by atoms with van der Waals surface area (Å²) in [6.07, 6.45) is 0.192. The Morgan fingerprint density at radius 2 is 1.87 bits per heavy atom. The van der Waals surface area contributed by atoms with E-state index in [0.29, 0.717) is 17.7 Å². The van der Waals surface area contributed by atoms with Crippen LogP contribution < -0.4 is 27.2 Å². The van der Waals surface area contributed by atoms with Crippen molar-refractivity contribution >= 4 is 28.4 Å². The molecule has 4 atom stereocenters. The average Bonchev–Trinajstić information content (AvgIpc) is 3.29. The van der Waals surface area contributed by atoms with Gasteiger partial charge in [-0.25, -0.2) is 15.0 Å². The third-order valence-electron chi connectivity index (χ3n) is 5.22. The molecule has 6 N–H and O–H groups in total. The van der Waals surface area contributed by atoms with Gasteiger partial charge in [-0.05, 0) is 6.42 Å². The molecule has 3 heterocycles. The van der Waals surface area contributed by atoms with Crippen LogP contribution in [-0.4, -0.2) is 61.1 Å². The lowest BCUT2D eigenvalue weighted by Crippen LogP contribution is -2.41.